The van der Waals surface area contributed by atoms with E-state index in [0.29, 0.717) is 12.1 Å². The molecule has 2 heterocycles. The van der Waals surface area contributed by atoms with E-state index in [2.05, 4.69) is 53.5 Å². The Hall–Kier alpha value is 0.1000. The van der Waals surface area contributed by atoms with E-state index in [-0.39, 0.29) is 5.60 Å². The van der Waals surface area contributed by atoms with Gasteiger partial charge in [-0.3, -0.25) is 0 Å². The van der Waals surface area contributed by atoms with E-state index in [4.69, 9.17) is 4.74 Å². The molecule has 2 atom stereocenters. The molecule has 0 spiro atoms. The molecule has 1 aliphatic rings. The second-order valence-corrected chi connectivity index (χ2v) is 7.34. The number of ether oxygens (including phenoxy) is 1. The Kier molecular flexibility index (Phi) is 5.46. The fraction of sp³-hybridized carbons (Fsp3) is 0.733. The van der Waals surface area contributed by atoms with Crippen molar-refractivity contribution < 1.29 is 4.74 Å². The van der Waals surface area contributed by atoms with Crippen molar-refractivity contribution in [3.05, 3.63) is 20.8 Å². The van der Waals surface area contributed by atoms with Crippen molar-refractivity contribution in [2.45, 2.75) is 64.1 Å². The zero-order valence-electron chi connectivity index (χ0n) is 12.0. The van der Waals surface area contributed by atoms with Crippen LogP contribution in [0.5, 0.6) is 0 Å². The van der Waals surface area contributed by atoms with Crippen LogP contribution in [0.1, 0.15) is 57.4 Å². The second kappa shape index (κ2) is 6.70. The first-order chi connectivity index (χ1) is 9.08. The van der Waals surface area contributed by atoms with Crippen LogP contribution >= 0.6 is 27.3 Å². The fourth-order valence-corrected chi connectivity index (χ4v) is 4.37. The third-order valence-corrected chi connectivity index (χ3v) is 6.16. The largest absolute Gasteiger partial charge is 0.375 e. The maximum atomic E-state index is 6.04. The molecule has 1 aliphatic heterocycles. The zero-order chi connectivity index (χ0) is 13.9. The van der Waals surface area contributed by atoms with Gasteiger partial charge >= 0.3 is 0 Å². The van der Waals surface area contributed by atoms with Crippen LogP contribution in [0.15, 0.2) is 15.9 Å². The molecule has 2 unspecified atom stereocenters. The minimum Gasteiger partial charge on any atom is -0.375 e. The molecular weight excluding hydrogens is 322 g/mol. The molecule has 19 heavy (non-hydrogen) atoms. The van der Waals surface area contributed by atoms with Crippen LogP contribution in [-0.2, 0) is 4.74 Å². The number of halogens is 1. The smallest absolute Gasteiger partial charge is 0.0692 e. The van der Waals surface area contributed by atoms with E-state index in [0.717, 1.165) is 32.3 Å². The first-order valence-corrected chi connectivity index (χ1v) is 8.90. The lowest BCUT2D eigenvalue weighted by atomic mass is 9.85. The highest BCUT2D eigenvalue weighted by atomic mass is 79.9. The summed E-state index contributed by atoms with van der Waals surface area (Å²) in [5, 5.41) is 5.93. The molecule has 0 saturated carbocycles. The molecule has 4 heteroatoms. The normalized spacial score (nSPS) is 24.3. The van der Waals surface area contributed by atoms with Gasteiger partial charge in [0.2, 0.25) is 0 Å². The predicted molar refractivity (Wildman–Crippen MR) is 85.9 cm³/mol. The Morgan fingerprint density at radius 1 is 1.53 bits per heavy atom. The third kappa shape index (κ3) is 3.81. The molecule has 1 N–H and O–H groups in total. The summed E-state index contributed by atoms with van der Waals surface area (Å²) in [6.45, 7) is 7.63. The lowest BCUT2D eigenvalue weighted by molar-refractivity contribution is -0.0939. The quantitative estimate of drug-likeness (QED) is 0.819. The van der Waals surface area contributed by atoms with Gasteiger partial charge in [0.25, 0.3) is 0 Å². The van der Waals surface area contributed by atoms with Gasteiger partial charge in [-0.15, -0.1) is 11.3 Å². The molecule has 2 rings (SSSR count). The van der Waals surface area contributed by atoms with E-state index in [1.807, 2.05) is 11.3 Å². The fourth-order valence-electron chi connectivity index (χ4n) is 2.90. The van der Waals surface area contributed by atoms with Crippen LogP contribution in [0.25, 0.3) is 0 Å². The Bertz CT molecular complexity index is 403. The minimum absolute atomic E-state index is 0.103. The van der Waals surface area contributed by atoms with Crippen molar-refractivity contribution in [1.29, 1.82) is 0 Å². The van der Waals surface area contributed by atoms with Crippen LogP contribution in [0, 0.1) is 0 Å². The van der Waals surface area contributed by atoms with Crippen LogP contribution in [0.3, 0.4) is 0 Å². The highest BCUT2D eigenvalue weighted by Gasteiger charge is 2.34. The Morgan fingerprint density at radius 2 is 2.26 bits per heavy atom. The zero-order valence-corrected chi connectivity index (χ0v) is 14.4. The van der Waals surface area contributed by atoms with Crippen molar-refractivity contribution in [3.63, 3.8) is 0 Å². The summed E-state index contributed by atoms with van der Waals surface area (Å²) in [7, 11) is 0. The second-order valence-electron chi connectivity index (χ2n) is 5.48. The average Bonchev–Trinajstić information content (AvgIpc) is 2.85. The first-order valence-electron chi connectivity index (χ1n) is 7.22. The Morgan fingerprint density at radius 3 is 2.84 bits per heavy atom. The third-order valence-electron chi connectivity index (χ3n) is 4.28. The minimum atomic E-state index is 0.103. The van der Waals surface area contributed by atoms with Gasteiger partial charge in [0.1, 0.15) is 0 Å². The molecule has 0 aliphatic carbocycles. The van der Waals surface area contributed by atoms with Gasteiger partial charge < -0.3 is 10.1 Å². The average molecular weight is 346 g/mol. The predicted octanol–water partition coefficient (Wildman–Crippen LogP) is 4.90. The van der Waals surface area contributed by atoms with Crippen molar-refractivity contribution in [1.82, 2.24) is 5.32 Å². The highest BCUT2D eigenvalue weighted by molar-refractivity contribution is 9.10. The molecule has 2 nitrogen and oxygen atoms in total. The molecule has 1 aromatic heterocycles. The van der Waals surface area contributed by atoms with E-state index >= 15 is 0 Å². The Labute approximate surface area is 129 Å². The van der Waals surface area contributed by atoms with Crippen LogP contribution in [0.2, 0.25) is 0 Å². The first kappa shape index (κ1) is 15.5. The van der Waals surface area contributed by atoms with E-state index in [9.17, 15) is 0 Å². The lowest BCUT2D eigenvalue weighted by Crippen LogP contribution is -2.46. The summed E-state index contributed by atoms with van der Waals surface area (Å²) < 4.78 is 7.23. The molecular formula is C15H24BrNOS. The van der Waals surface area contributed by atoms with Gasteiger partial charge in [-0.2, -0.15) is 0 Å². The summed E-state index contributed by atoms with van der Waals surface area (Å²) >= 11 is 5.35. The Balaban J connectivity index is 1.95. The van der Waals surface area contributed by atoms with Gasteiger partial charge in [0, 0.05) is 33.4 Å². The molecule has 1 fully saturated rings. The van der Waals surface area contributed by atoms with Crippen LogP contribution in [0.4, 0.5) is 0 Å². The molecule has 108 valence electrons. The molecule has 0 radical (unpaired) electrons. The molecule has 1 saturated heterocycles. The maximum absolute atomic E-state index is 6.04. The van der Waals surface area contributed by atoms with E-state index in [1.54, 1.807) is 0 Å². The number of nitrogens with one attached hydrogen (secondary N) is 1. The topological polar surface area (TPSA) is 21.3 Å². The van der Waals surface area contributed by atoms with Crippen molar-refractivity contribution in [2.75, 3.05) is 6.61 Å². The lowest BCUT2D eigenvalue weighted by Gasteiger charge is -2.41. The van der Waals surface area contributed by atoms with Gasteiger partial charge in [-0.25, -0.2) is 0 Å². The molecule has 0 bridgehead atoms. The number of thiophene rings is 1. The van der Waals surface area contributed by atoms with Gasteiger partial charge in [-0.1, -0.05) is 13.8 Å². The van der Waals surface area contributed by atoms with Crippen molar-refractivity contribution in [2.24, 2.45) is 0 Å². The standard InChI is InChI=1S/C15H24BrNOS/c1-4-15(5-2)9-13(6-7-18-15)17-11(3)14-8-12(16)10-19-14/h8,10-11,13,17H,4-7,9H2,1-3H3. The van der Waals surface area contributed by atoms with Crippen molar-refractivity contribution in [3.8, 4) is 0 Å². The molecule has 0 aromatic carbocycles. The maximum Gasteiger partial charge on any atom is 0.0692 e. The summed E-state index contributed by atoms with van der Waals surface area (Å²) in [6, 6.07) is 3.21. The highest BCUT2D eigenvalue weighted by Crippen LogP contribution is 2.33. The summed E-state index contributed by atoms with van der Waals surface area (Å²) in [6.07, 6.45) is 4.48. The van der Waals surface area contributed by atoms with Gasteiger partial charge in [0.15, 0.2) is 0 Å². The van der Waals surface area contributed by atoms with Crippen LogP contribution < -0.4 is 5.32 Å². The van der Waals surface area contributed by atoms with Gasteiger partial charge in [0.05, 0.1) is 5.60 Å². The van der Waals surface area contributed by atoms with E-state index in [1.165, 1.54) is 9.35 Å². The van der Waals surface area contributed by atoms with Crippen molar-refractivity contribution >= 4 is 27.3 Å². The SMILES string of the molecule is CCC1(CC)CC(NC(C)c2cc(Br)cs2)CCO1. The number of rotatable bonds is 5. The summed E-state index contributed by atoms with van der Waals surface area (Å²) in [5.74, 6) is 0. The molecule has 1 aromatic rings. The summed E-state index contributed by atoms with van der Waals surface area (Å²) in [5.41, 5.74) is 0.103. The number of hydrogen-bond acceptors (Lipinski definition) is 3. The monoisotopic (exact) mass is 345 g/mol. The van der Waals surface area contributed by atoms with Gasteiger partial charge in [-0.05, 0) is 54.6 Å². The molecule has 0 amide bonds. The van der Waals surface area contributed by atoms with E-state index < -0.39 is 0 Å². The van der Waals surface area contributed by atoms with Crippen LogP contribution in [-0.4, -0.2) is 18.2 Å². The summed E-state index contributed by atoms with van der Waals surface area (Å²) in [4.78, 5) is 1.40. The number of hydrogen-bond donors (Lipinski definition) is 1.